The molecule has 1 aromatic carbocycles. The van der Waals surface area contributed by atoms with E-state index in [1.54, 1.807) is 30.5 Å². The minimum atomic E-state index is -0.329. The topological polar surface area (TPSA) is 116 Å². The van der Waals surface area contributed by atoms with Crippen LogP contribution in [0.1, 0.15) is 55.2 Å². The fourth-order valence-electron chi connectivity index (χ4n) is 3.10. The van der Waals surface area contributed by atoms with E-state index in [-0.39, 0.29) is 11.3 Å². The van der Waals surface area contributed by atoms with Gasteiger partial charge in [0.1, 0.15) is 23.7 Å². The molecule has 3 aromatic heterocycles. The molecule has 1 amide bonds. The number of ether oxygens (including phenoxy) is 1. The minimum Gasteiger partial charge on any atom is -0.438 e. The zero-order valence-electron chi connectivity index (χ0n) is 19.8. The zero-order valence-corrected chi connectivity index (χ0v) is 19.8. The molecule has 0 atom stereocenters. The van der Waals surface area contributed by atoms with Crippen molar-refractivity contribution in [3.63, 3.8) is 0 Å². The van der Waals surface area contributed by atoms with Gasteiger partial charge in [0.05, 0.1) is 5.56 Å². The van der Waals surface area contributed by atoms with E-state index < -0.39 is 0 Å². The van der Waals surface area contributed by atoms with Crippen LogP contribution in [0.4, 0.5) is 5.82 Å². The molecule has 34 heavy (non-hydrogen) atoms. The first-order valence-corrected chi connectivity index (χ1v) is 10.9. The van der Waals surface area contributed by atoms with Crippen LogP contribution in [0.3, 0.4) is 0 Å². The largest absolute Gasteiger partial charge is 0.438 e. The standard InChI is InChI=1S/C25H26N6O3/c1-6-20-27-14-28-22(29-20)17-8-7-11-26-24(17)33-18-12-16(10-9-15(18)2)23(32)30-21-13-19(34-31-21)25(3,4)5/h7-14H,6H2,1-5H3,(H,30,31,32). The number of pyridine rings is 1. The van der Waals surface area contributed by atoms with Gasteiger partial charge in [-0.1, -0.05) is 38.9 Å². The van der Waals surface area contributed by atoms with Crippen LogP contribution in [0.25, 0.3) is 11.4 Å². The van der Waals surface area contributed by atoms with Crippen LogP contribution in [0.5, 0.6) is 11.6 Å². The number of nitrogens with one attached hydrogen (secondary N) is 1. The number of aryl methyl sites for hydroxylation is 2. The summed E-state index contributed by atoms with van der Waals surface area (Å²) in [5, 5.41) is 6.72. The number of anilines is 1. The number of carbonyl (C=O) groups is 1. The molecule has 4 aromatic rings. The second kappa shape index (κ2) is 9.38. The fourth-order valence-corrected chi connectivity index (χ4v) is 3.10. The predicted molar refractivity (Wildman–Crippen MR) is 127 cm³/mol. The molecule has 0 saturated carbocycles. The molecule has 4 rings (SSSR count). The molecule has 0 bridgehead atoms. The summed E-state index contributed by atoms with van der Waals surface area (Å²) >= 11 is 0. The van der Waals surface area contributed by atoms with Crippen LogP contribution in [0.15, 0.2) is 53.4 Å². The minimum absolute atomic E-state index is 0.211. The number of hydrogen-bond donors (Lipinski definition) is 1. The van der Waals surface area contributed by atoms with Gasteiger partial charge >= 0.3 is 0 Å². The Kier molecular flexibility index (Phi) is 6.36. The fraction of sp³-hybridized carbons (Fsp3) is 0.280. The highest BCUT2D eigenvalue weighted by Crippen LogP contribution is 2.32. The van der Waals surface area contributed by atoms with Gasteiger partial charge < -0.3 is 14.6 Å². The molecule has 0 radical (unpaired) electrons. The number of rotatable bonds is 6. The van der Waals surface area contributed by atoms with Crippen molar-refractivity contribution in [1.29, 1.82) is 0 Å². The van der Waals surface area contributed by atoms with Crippen molar-refractivity contribution >= 4 is 11.7 Å². The maximum atomic E-state index is 12.9. The number of aromatic nitrogens is 5. The van der Waals surface area contributed by atoms with Crippen molar-refractivity contribution in [1.82, 2.24) is 25.1 Å². The van der Waals surface area contributed by atoms with Gasteiger partial charge in [0.25, 0.3) is 5.91 Å². The average molecular weight is 459 g/mol. The smallest absolute Gasteiger partial charge is 0.257 e. The third-order valence-corrected chi connectivity index (χ3v) is 5.10. The highest BCUT2D eigenvalue weighted by Gasteiger charge is 2.21. The lowest BCUT2D eigenvalue weighted by Gasteiger charge is -2.12. The second-order valence-electron chi connectivity index (χ2n) is 8.80. The first-order valence-electron chi connectivity index (χ1n) is 10.9. The van der Waals surface area contributed by atoms with Crippen molar-refractivity contribution < 1.29 is 14.1 Å². The summed E-state index contributed by atoms with van der Waals surface area (Å²) in [5.74, 6) is 2.69. The number of nitrogens with zero attached hydrogens (tertiary/aromatic N) is 5. The lowest BCUT2D eigenvalue weighted by molar-refractivity contribution is 0.102. The summed E-state index contributed by atoms with van der Waals surface area (Å²) in [6.07, 6.45) is 3.79. The second-order valence-corrected chi connectivity index (χ2v) is 8.80. The summed E-state index contributed by atoms with van der Waals surface area (Å²) < 4.78 is 11.5. The summed E-state index contributed by atoms with van der Waals surface area (Å²) in [6.45, 7) is 9.89. The van der Waals surface area contributed by atoms with E-state index in [9.17, 15) is 4.79 Å². The van der Waals surface area contributed by atoms with E-state index in [1.807, 2.05) is 46.8 Å². The lowest BCUT2D eigenvalue weighted by Crippen LogP contribution is -2.13. The van der Waals surface area contributed by atoms with Gasteiger partial charge in [-0.3, -0.25) is 4.79 Å². The Morgan fingerprint density at radius 1 is 1.12 bits per heavy atom. The normalized spacial score (nSPS) is 11.3. The van der Waals surface area contributed by atoms with Gasteiger partial charge in [0.2, 0.25) is 5.88 Å². The number of benzene rings is 1. The van der Waals surface area contributed by atoms with E-state index in [4.69, 9.17) is 9.26 Å². The number of amides is 1. The highest BCUT2D eigenvalue weighted by molar-refractivity contribution is 6.04. The van der Waals surface area contributed by atoms with Crippen LogP contribution < -0.4 is 10.1 Å². The maximum absolute atomic E-state index is 12.9. The van der Waals surface area contributed by atoms with Crippen LogP contribution in [-0.4, -0.2) is 31.0 Å². The van der Waals surface area contributed by atoms with Crippen molar-refractivity contribution in [3.05, 3.63) is 71.6 Å². The highest BCUT2D eigenvalue weighted by atomic mass is 16.5. The average Bonchev–Trinajstić information content (AvgIpc) is 3.30. The SMILES string of the molecule is CCc1ncnc(-c2cccnc2Oc2cc(C(=O)Nc3cc(C(C)(C)C)on3)ccc2C)n1. The Morgan fingerprint density at radius 3 is 2.68 bits per heavy atom. The molecule has 0 saturated heterocycles. The molecule has 9 nitrogen and oxygen atoms in total. The van der Waals surface area contributed by atoms with Gasteiger partial charge in [-0.15, -0.1) is 0 Å². The summed E-state index contributed by atoms with van der Waals surface area (Å²) in [6, 6.07) is 10.6. The summed E-state index contributed by atoms with van der Waals surface area (Å²) in [4.78, 5) is 30.1. The third-order valence-electron chi connectivity index (χ3n) is 5.10. The Balaban J connectivity index is 1.59. The lowest BCUT2D eigenvalue weighted by atomic mass is 9.93. The predicted octanol–water partition coefficient (Wildman–Crippen LogP) is 5.13. The summed E-state index contributed by atoms with van der Waals surface area (Å²) in [5.41, 5.74) is 1.67. The number of hydrogen-bond acceptors (Lipinski definition) is 8. The van der Waals surface area contributed by atoms with E-state index in [2.05, 4.69) is 30.4 Å². The molecule has 0 spiro atoms. The summed E-state index contributed by atoms with van der Waals surface area (Å²) in [7, 11) is 0. The van der Waals surface area contributed by atoms with Crippen LogP contribution in [-0.2, 0) is 11.8 Å². The molecule has 0 aliphatic heterocycles. The van der Waals surface area contributed by atoms with E-state index in [0.717, 1.165) is 5.56 Å². The first-order chi connectivity index (χ1) is 16.2. The third kappa shape index (κ3) is 5.09. The Morgan fingerprint density at radius 2 is 1.94 bits per heavy atom. The van der Waals surface area contributed by atoms with Crippen molar-refractivity contribution in [3.8, 4) is 23.0 Å². The van der Waals surface area contributed by atoms with E-state index in [1.165, 1.54) is 6.33 Å². The molecule has 0 aliphatic carbocycles. The Hall–Kier alpha value is -4.14. The first kappa shape index (κ1) is 23.0. The Labute approximate surface area is 197 Å². The van der Waals surface area contributed by atoms with Gasteiger partial charge in [-0.05, 0) is 36.8 Å². The van der Waals surface area contributed by atoms with Crippen molar-refractivity contribution in [2.24, 2.45) is 0 Å². The maximum Gasteiger partial charge on any atom is 0.257 e. The quantitative estimate of drug-likeness (QED) is 0.422. The molecule has 0 aliphatic rings. The van der Waals surface area contributed by atoms with Gasteiger partial charge in [0, 0.05) is 29.7 Å². The molecule has 0 fully saturated rings. The van der Waals surface area contributed by atoms with Crippen LogP contribution >= 0.6 is 0 Å². The van der Waals surface area contributed by atoms with Gasteiger partial charge in [-0.2, -0.15) is 0 Å². The van der Waals surface area contributed by atoms with Gasteiger partial charge in [0.15, 0.2) is 11.6 Å². The molecule has 0 unspecified atom stereocenters. The van der Waals surface area contributed by atoms with Crippen LogP contribution in [0.2, 0.25) is 0 Å². The van der Waals surface area contributed by atoms with Gasteiger partial charge in [-0.25, -0.2) is 19.9 Å². The number of carbonyl (C=O) groups excluding carboxylic acids is 1. The molecule has 1 N–H and O–H groups in total. The van der Waals surface area contributed by atoms with E-state index in [0.29, 0.717) is 52.4 Å². The van der Waals surface area contributed by atoms with Crippen LogP contribution in [0, 0.1) is 6.92 Å². The molecule has 9 heteroatoms. The molecular weight excluding hydrogens is 432 g/mol. The Bertz CT molecular complexity index is 1330. The van der Waals surface area contributed by atoms with Crippen molar-refractivity contribution in [2.75, 3.05) is 5.32 Å². The van der Waals surface area contributed by atoms with E-state index >= 15 is 0 Å². The zero-order chi connectivity index (χ0) is 24.3. The molecule has 3 heterocycles. The molecule has 174 valence electrons. The monoisotopic (exact) mass is 458 g/mol. The van der Waals surface area contributed by atoms with Crippen molar-refractivity contribution in [2.45, 2.75) is 46.5 Å². The molecular formula is C25H26N6O3.